The van der Waals surface area contributed by atoms with Crippen LogP contribution in [0.3, 0.4) is 0 Å². The van der Waals surface area contributed by atoms with Gasteiger partial charge in [0.1, 0.15) is 6.33 Å². The smallest absolute Gasteiger partial charge is 0.178 e. The van der Waals surface area contributed by atoms with E-state index in [1.54, 1.807) is 6.33 Å². The van der Waals surface area contributed by atoms with Gasteiger partial charge in [0, 0.05) is 7.05 Å². The van der Waals surface area contributed by atoms with Crippen LogP contribution in [0.25, 0.3) is 11.0 Å². The van der Waals surface area contributed by atoms with Crippen LogP contribution in [0.2, 0.25) is 5.02 Å². The third-order valence-electron chi connectivity index (χ3n) is 3.21. The van der Waals surface area contributed by atoms with Gasteiger partial charge in [0.05, 0.1) is 22.1 Å². The maximum Gasteiger partial charge on any atom is 0.178 e. The second-order valence-electron chi connectivity index (χ2n) is 4.41. The minimum atomic E-state index is -0.0211. The Labute approximate surface area is 119 Å². The molecular formula is C12H12ClN5S. The fourth-order valence-corrected chi connectivity index (χ4v) is 2.86. The Morgan fingerprint density at radius 2 is 2.21 bits per heavy atom. The number of hydrogen-bond donors (Lipinski definition) is 1. The second-order valence-corrected chi connectivity index (χ2v) is 5.20. The number of rotatable bonds is 2. The highest BCUT2D eigenvalue weighted by Gasteiger charge is 2.17. The minimum Gasteiger partial charge on any atom is -0.329 e. The van der Waals surface area contributed by atoms with Gasteiger partial charge in [0.2, 0.25) is 0 Å². The summed E-state index contributed by atoms with van der Waals surface area (Å²) in [4.78, 5) is 3.15. The van der Waals surface area contributed by atoms with E-state index in [1.165, 1.54) is 0 Å². The van der Waals surface area contributed by atoms with Crippen LogP contribution in [0.15, 0.2) is 24.5 Å². The molecule has 3 aromatic rings. The Bertz CT molecular complexity index is 800. The van der Waals surface area contributed by atoms with Crippen molar-refractivity contribution in [1.29, 1.82) is 0 Å². The third-order valence-corrected chi connectivity index (χ3v) is 3.82. The first-order valence-corrected chi connectivity index (χ1v) is 6.61. The monoisotopic (exact) mass is 293 g/mol. The second kappa shape index (κ2) is 4.47. The number of aryl methyl sites for hydroxylation is 1. The minimum absolute atomic E-state index is 0.0211. The molecule has 5 nitrogen and oxygen atoms in total. The van der Waals surface area contributed by atoms with Crippen molar-refractivity contribution in [2.45, 2.75) is 13.0 Å². The van der Waals surface area contributed by atoms with E-state index in [2.05, 4.69) is 15.2 Å². The summed E-state index contributed by atoms with van der Waals surface area (Å²) >= 11 is 11.6. The predicted molar refractivity (Wildman–Crippen MR) is 76.9 cm³/mol. The van der Waals surface area contributed by atoms with Crippen molar-refractivity contribution in [3.63, 3.8) is 0 Å². The van der Waals surface area contributed by atoms with Crippen LogP contribution in [0.5, 0.6) is 0 Å². The fraction of sp³-hybridized carbons (Fsp3) is 0.250. The number of H-pyrrole nitrogens is 1. The van der Waals surface area contributed by atoms with Gasteiger partial charge in [-0.2, -0.15) is 0 Å². The third kappa shape index (κ3) is 1.87. The summed E-state index contributed by atoms with van der Waals surface area (Å²) in [6.45, 7) is 2.04. The van der Waals surface area contributed by atoms with Gasteiger partial charge in [-0.25, -0.2) is 0 Å². The molecule has 1 atom stereocenters. The zero-order valence-corrected chi connectivity index (χ0v) is 12.0. The Morgan fingerprint density at radius 1 is 1.42 bits per heavy atom. The van der Waals surface area contributed by atoms with E-state index in [1.807, 2.05) is 41.3 Å². The van der Waals surface area contributed by atoms with Crippen molar-refractivity contribution >= 4 is 34.9 Å². The molecule has 1 unspecified atom stereocenters. The predicted octanol–water partition coefficient (Wildman–Crippen LogP) is 3.09. The lowest BCUT2D eigenvalue weighted by atomic mass is 10.2. The zero-order chi connectivity index (χ0) is 13.6. The van der Waals surface area contributed by atoms with Crippen molar-refractivity contribution in [2.24, 2.45) is 7.05 Å². The summed E-state index contributed by atoms with van der Waals surface area (Å²) in [5, 5.41) is 8.71. The maximum absolute atomic E-state index is 6.18. The molecule has 2 heterocycles. The lowest BCUT2D eigenvalue weighted by molar-refractivity contribution is 0.581. The van der Waals surface area contributed by atoms with E-state index in [9.17, 15) is 0 Å². The van der Waals surface area contributed by atoms with Crippen LogP contribution < -0.4 is 0 Å². The molecule has 7 heteroatoms. The van der Waals surface area contributed by atoms with Crippen LogP contribution in [0.4, 0.5) is 0 Å². The molecule has 0 amide bonds. The normalized spacial score (nSPS) is 13.0. The molecule has 3 rings (SSSR count). The number of aromatic nitrogens is 5. The lowest BCUT2D eigenvalue weighted by Gasteiger charge is -2.13. The fourth-order valence-electron chi connectivity index (χ4n) is 2.28. The highest BCUT2D eigenvalue weighted by molar-refractivity contribution is 7.71. The van der Waals surface area contributed by atoms with Crippen LogP contribution >= 0.6 is 23.8 Å². The van der Waals surface area contributed by atoms with Gasteiger partial charge in [-0.1, -0.05) is 17.7 Å². The first-order chi connectivity index (χ1) is 9.09. The molecule has 1 N–H and O–H groups in total. The first-order valence-electron chi connectivity index (χ1n) is 5.82. The van der Waals surface area contributed by atoms with E-state index in [4.69, 9.17) is 23.8 Å². The molecule has 0 saturated carbocycles. The van der Waals surface area contributed by atoms with Gasteiger partial charge in [-0.05, 0) is 31.3 Å². The van der Waals surface area contributed by atoms with E-state index in [0.29, 0.717) is 9.79 Å². The average molecular weight is 294 g/mol. The Kier molecular flexibility index (Phi) is 2.91. The topological polar surface area (TPSA) is 51.4 Å². The number of imidazole rings is 1. The Morgan fingerprint density at radius 3 is 2.89 bits per heavy atom. The molecule has 1 aromatic carbocycles. The number of para-hydroxylation sites is 1. The summed E-state index contributed by atoms with van der Waals surface area (Å²) in [5.41, 5.74) is 1.82. The summed E-state index contributed by atoms with van der Waals surface area (Å²) in [6, 6.07) is 5.72. The Balaban J connectivity index is 2.26. The number of fused-ring (bicyclic) bond motifs is 1. The van der Waals surface area contributed by atoms with Crippen LogP contribution in [0.1, 0.15) is 18.8 Å². The van der Waals surface area contributed by atoms with Gasteiger partial charge in [0.15, 0.2) is 10.6 Å². The summed E-state index contributed by atoms with van der Waals surface area (Å²) < 4.78 is 4.51. The van der Waals surface area contributed by atoms with Crippen LogP contribution in [-0.2, 0) is 7.05 Å². The highest BCUT2D eigenvalue weighted by Crippen LogP contribution is 2.27. The van der Waals surface area contributed by atoms with Gasteiger partial charge in [0.25, 0.3) is 0 Å². The molecule has 2 aromatic heterocycles. The quantitative estimate of drug-likeness (QED) is 0.739. The molecule has 0 aliphatic carbocycles. The van der Waals surface area contributed by atoms with Crippen molar-refractivity contribution in [1.82, 2.24) is 24.3 Å². The average Bonchev–Trinajstić information content (AvgIpc) is 2.93. The lowest BCUT2D eigenvalue weighted by Crippen LogP contribution is -2.12. The molecule has 19 heavy (non-hydrogen) atoms. The SMILES string of the molecule is CC(c1nncn1C)n1c(=S)[nH]c2c(Cl)cccc21. The van der Waals surface area contributed by atoms with Crippen molar-refractivity contribution in [3.8, 4) is 0 Å². The molecule has 0 radical (unpaired) electrons. The standard InChI is InChI=1S/C12H12ClN5S/c1-7(11-16-14-6-17(11)2)18-9-5-3-4-8(13)10(9)15-12(18)19/h3-7H,1-2H3,(H,15,19). The van der Waals surface area contributed by atoms with E-state index >= 15 is 0 Å². The van der Waals surface area contributed by atoms with Gasteiger partial charge >= 0.3 is 0 Å². The first kappa shape index (κ1) is 12.4. The van der Waals surface area contributed by atoms with E-state index < -0.39 is 0 Å². The van der Waals surface area contributed by atoms with Gasteiger partial charge < -0.3 is 14.1 Å². The van der Waals surface area contributed by atoms with Crippen molar-refractivity contribution in [3.05, 3.63) is 40.1 Å². The van der Waals surface area contributed by atoms with Crippen molar-refractivity contribution < 1.29 is 0 Å². The number of aromatic amines is 1. The number of hydrogen-bond acceptors (Lipinski definition) is 3. The van der Waals surface area contributed by atoms with Crippen molar-refractivity contribution in [2.75, 3.05) is 0 Å². The van der Waals surface area contributed by atoms with Gasteiger partial charge in [-0.15, -0.1) is 10.2 Å². The summed E-state index contributed by atoms with van der Waals surface area (Å²) in [5.74, 6) is 0.844. The molecule has 0 fully saturated rings. The van der Waals surface area contributed by atoms with Crippen LogP contribution in [-0.4, -0.2) is 24.3 Å². The largest absolute Gasteiger partial charge is 0.329 e. The number of benzene rings is 1. The molecule has 98 valence electrons. The van der Waals surface area contributed by atoms with Gasteiger partial charge in [-0.3, -0.25) is 0 Å². The zero-order valence-electron chi connectivity index (χ0n) is 10.5. The number of nitrogens with zero attached hydrogens (tertiary/aromatic N) is 4. The van der Waals surface area contributed by atoms with Crippen LogP contribution in [0, 0.1) is 4.77 Å². The Hall–Kier alpha value is -1.66. The molecule has 0 spiro atoms. The molecule has 0 aliphatic heterocycles. The molecule has 0 bridgehead atoms. The molecule has 0 saturated heterocycles. The summed E-state index contributed by atoms with van der Waals surface area (Å²) in [7, 11) is 1.91. The summed E-state index contributed by atoms with van der Waals surface area (Å²) in [6.07, 6.45) is 1.68. The number of nitrogens with one attached hydrogen (secondary N) is 1. The molecule has 0 aliphatic rings. The highest BCUT2D eigenvalue weighted by atomic mass is 35.5. The number of halogens is 1. The van der Waals surface area contributed by atoms with E-state index in [0.717, 1.165) is 16.9 Å². The molecular weight excluding hydrogens is 282 g/mol. The van der Waals surface area contributed by atoms with E-state index in [-0.39, 0.29) is 6.04 Å². The maximum atomic E-state index is 6.18.